The van der Waals surface area contributed by atoms with Gasteiger partial charge in [-0.15, -0.1) is 0 Å². The van der Waals surface area contributed by atoms with E-state index in [1.807, 2.05) is 0 Å². The Morgan fingerprint density at radius 3 is 1.04 bits per heavy atom. The topological polar surface area (TPSA) is 61.8 Å². The maximum absolute atomic E-state index is 12.9. The summed E-state index contributed by atoms with van der Waals surface area (Å²) >= 11 is 0. The summed E-state index contributed by atoms with van der Waals surface area (Å²) in [7, 11) is 0. The molecule has 0 aliphatic heterocycles. The van der Waals surface area contributed by atoms with Gasteiger partial charge in [-0.05, 0) is 109 Å². The Morgan fingerprint density at radius 2 is 0.618 bits per heavy atom. The van der Waals surface area contributed by atoms with Gasteiger partial charge in [0, 0.05) is 19.4 Å². The second-order valence-electron chi connectivity index (χ2n) is 19.9. The van der Waals surface area contributed by atoms with Crippen LogP contribution in [0.2, 0.25) is 0 Å². The van der Waals surface area contributed by atoms with Crippen LogP contribution in [0.25, 0.3) is 0 Å². The Balaban J connectivity index is 4.28. The van der Waals surface area contributed by atoms with Crippen LogP contribution in [0.15, 0.2) is 60.8 Å². The fourth-order valence-corrected chi connectivity index (χ4v) is 8.51. The number of hydrogen-bond donors (Lipinski definition) is 0. The first kappa shape index (κ1) is 65.6. The molecule has 0 aromatic rings. The van der Waals surface area contributed by atoms with Gasteiger partial charge in [-0.3, -0.25) is 9.59 Å². The van der Waals surface area contributed by atoms with E-state index >= 15 is 0 Å². The molecule has 0 saturated carbocycles. The van der Waals surface area contributed by atoms with Gasteiger partial charge in [0.1, 0.15) is 6.61 Å². The van der Waals surface area contributed by atoms with Gasteiger partial charge in [0.05, 0.1) is 6.61 Å². The van der Waals surface area contributed by atoms with E-state index in [1.165, 1.54) is 205 Å². The highest BCUT2D eigenvalue weighted by molar-refractivity contribution is 5.70. The van der Waals surface area contributed by atoms with Crippen LogP contribution in [0.5, 0.6) is 0 Å². The summed E-state index contributed by atoms with van der Waals surface area (Å²) in [5.74, 6) is -0.405. The van der Waals surface area contributed by atoms with Crippen LogP contribution in [-0.2, 0) is 23.8 Å². The molecule has 0 amide bonds. The van der Waals surface area contributed by atoms with Crippen LogP contribution < -0.4 is 0 Å². The molecule has 0 aliphatic rings. The maximum atomic E-state index is 12.9. The highest BCUT2D eigenvalue weighted by Crippen LogP contribution is 2.15. The van der Waals surface area contributed by atoms with E-state index in [0.717, 1.165) is 64.2 Å². The normalized spacial score (nSPS) is 12.6. The minimum absolute atomic E-state index is 0.0761. The van der Waals surface area contributed by atoms with Crippen molar-refractivity contribution >= 4 is 11.9 Å². The SMILES string of the molecule is CCCCC/C=C\C/C=C\C/C=C\CCCCCCCCC(=O)OCC(COCCCCCCCC/C=C\CCCCCC)OC(=O)CCCCCCCCCCC/C=C\CCCCCCCC. The fraction of sp³-hybridized carbons (Fsp3) is 0.810. The second-order valence-corrected chi connectivity index (χ2v) is 19.9. The standard InChI is InChI=1S/C63H114O5/c1-4-7-10-13-16-19-22-25-28-30-32-34-36-38-41-44-47-50-53-56-62(64)67-60-61(59-66-58-55-52-49-46-43-40-27-24-21-18-15-12-9-6-3)68-63(65)57-54-51-48-45-42-39-37-35-33-31-29-26-23-20-17-14-11-8-5-2/h16,19,21,24-26,28-29,32,34,61H,4-15,17-18,20,22-23,27,30-31,33,35-60H2,1-3H3/b19-16-,24-21-,28-25-,29-26-,34-32-. The summed E-state index contributed by atoms with van der Waals surface area (Å²) in [6, 6.07) is 0. The number of rotatable bonds is 55. The lowest BCUT2D eigenvalue weighted by molar-refractivity contribution is -0.163. The average Bonchev–Trinajstić information content (AvgIpc) is 3.34. The summed E-state index contributed by atoms with van der Waals surface area (Å²) < 4.78 is 17.5. The molecule has 0 rings (SSSR count). The molecule has 5 nitrogen and oxygen atoms in total. The van der Waals surface area contributed by atoms with Gasteiger partial charge < -0.3 is 14.2 Å². The van der Waals surface area contributed by atoms with Crippen molar-refractivity contribution in [1.82, 2.24) is 0 Å². The Hall–Kier alpha value is -2.40. The molecule has 0 bridgehead atoms. The lowest BCUT2D eigenvalue weighted by atomic mass is 10.1. The molecular weight excluding hydrogens is 837 g/mol. The van der Waals surface area contributed by atoms with Gasteiger partial charge in [-0.1, -0.05) is 242 Å². The third-order valence-electron chi connectivity index (χ3n) is 13.0. The van der Waals surface area contributed by atoms with Crippen molar-refractivity contribution < 1.29 is 23.8 Å². The van der Waals surface area contributed by atoms with E-state index in [-0.39, 0.29) is 25.2 Å². The quantitative estimate of drug-likeness (QED) is 0.0345. The van der Waals surface area contributed by atoms with Gasteiger partial charge in [0.15, 0.2) is 6.10 Å². The van der Waals surface area contributed by atoms with Gasteiger partial charge in [0.25, 0.3) is 0 Å². The Bertz CT molecular complexity index is 1170. The zero-order chi connectivity index (χ0) is 49.2. The minimum Gasteiger partial charge on any atom is -0.462 e. The highest BCUT2D eigenvalue weighted by atomic mass is 16.6. The smallest absolute Gasteiger partial charge is 0.306 e. The second kappa shape index (κ2) is 58.9. The summed E-state index contributed by atoms with van der Waals surface area (Å²) in [5, 5.41) is 0. The van der Waals surface area contributed by atoms with E-state index < -0.39 is 6.10 Å². The van der Waals surface area contributed by atoms with Gasteiger partial charge in [0.2, 0.25) is 0 Å². The molecule has 5 heteroatoms. The summed E-state index contributed by atoms with van der Waals surface area (Å²) in [5.41, 5.74) is 0. The van der Waals surface area contributed by atoms with Crippen LogP contribution in [0, 0.1) is 0 Å². The van der Waals surface area contributed by atoms with Gasteiger partial charge in [-0.25, -0.2) is 0 Å². The summed E-state index contributed by atoms with van der Waals surface area (Å²) in [4.78, 5) is 25.6. The van der Waals surface area contributed by atoms with E-state index in [0.29, 0.717) is 19.4 Å². The maximum Gasteiger partial charge on any atom is 0.306 e. The van der Waals surface area contributed by atoms with Crippen molar-refractivity contribution in [3.8, 4) is 0 Å². The van der Waals surface area contributed by atoms with E-state index in [4.69, 9.17) is 14.2 Å². The molecular formula is C63H114O5. The van der Waals surface area contributed by atoms with E-state index in [2.05, 4.69) is 81.5 Å². The molecule has 0 aromatic carbocycles. The van der Waals surface area contributed by atoms with E-state index in [1.54, 1.807) is 0 Å². The molecule has 1 atom stereocenters. The van der Waals surface area contributed by atoms with Crippen LogP contribution in [0.4, 0.5) is 0 Å². The number of carbonyl (C=O) groups excluding carboxylic acids is 2. The predicted octanol–water partition coefficient (Wildman–Crippen LogP) is 20.5. The minimum atomic E-state index is -0.547. The van der Waals surface area contributed by atoms with Crippen molar-refractivity contribution in [2.24, 2.45) is 0 Å². The number of esters is 2. The first-order valence-corrected chi connectivity index (χ1v) is 29.8. The summed E-state index contributed by atoms with van der Waals surface area (Å²) in [6.45, 7) is 7.80. The molecule has 0 spiro atoms. The number of allylic oxidation sites excluding steroid dienone is 10. The Kier molecular flexibility index (Phi) is 56.8. The lowest BCUT2D eigenvalue weighted by Gasteiger charge is -2.18. The van der Waals surface area contributed by atoms with Crippen molar-refractivity contribution in [2.45, 2.75) is 309 Å². The molecule has 0 heterocycles. The van der Waals surface area contributed by atoms with Crippen molar-refractivity contribution in [3.63, 3.8) is 0 Å². The van der Waals surface area contributed by atoms with E-state index in [9.17, 15) is 9.59 Å². The largest absolute Gasteiger partial charge is 0.462 e. The van der Waals surface area contributed by atoms with Crippen LogP contribution in [-0.4, -0.2) is 37.9 Å². The van der Waals surface area contributed by atoms with Crippen molar-refractivity contribution in [3.05, 3.63) is 60.8 Å². The third-order valence-corrected chi connectivity index (χ3v) is 13.0. The molecule has 0 aromatic heterocycles. The zero-order valence-electron chi connectivity index (χ0n) is 45.6. The van der Waals surface area contributed by atoms with Crippen molar-refractivity contribution in [2.75, 3.05) is 19.8 Å². The van der Waals surface area contributed by atoms with Gasteiger partial charge >= 0.3 is 11.9 Å². The highest BCUT2D eigenvalue weighted by Gasteiger charge is 2.17. The fourth-order valence-electron chi connectivity index (χ4n) is 8.51. The first-order valence-electron chi connectivity index (χ1n) is 29.8. The monoisotopic (exact) mass is 951 g/mol. The molecule has 0 N–H and O–H groups in total. The summed E-state index contributed by atoms with van der Waals surface area (Å²) in [6.07, 6.45) is 75.2. The zero-order valence-corrected chi connectivity index (χ0v) is 45.6. The number of carbonyl (C=O) groups is 2. The van der Waals surface area contributed by atoms with Crippen LogP contribution in [0.1, 0.15) is 303 Å². The van der Waals surface area contributed by atoms with Gasteiger partial charge in [-0.2, -0.15) is 0 Å². The average molecular weight is 952 g/mol. The first-order chi connectivity index (χ1) is 33.6. The molecule has 0 radical (unpaired) electrons. The van der Waals surface area contributed by atoms with Crippen LogP contribution in [0.3, 0.4) is 0 Å². The van der Waals surface area contributed by atoms with Crippen LogP contribution >= 0.6 is 0 Å². The molecule has 0 aliphatic carbocycles. The molecule has 68 heavy (non-hydrogen) atoms. The number of unbranched alkanes of at least 4 members (excludes halogenated alkanes) is 34. The Morgan fingerprint density at radius 1 is 0.324 bits per heavy atom. The predicted molar refractivity (Wildman–Crippen MR) is 298 cm³/mol. The van der Waals surface area contributed by atoms with Crippen molar-refractivity contribution in [1.29, 1.82) is 0 Å². The molecule has 0 fully saturated rings. The molecule has 0 saturated heterocycles. The number of ether oxygens (including phenoxy) is 3. The molecule has 1 unspecified atom stereocenters. The molecule has 396 valence electrons. The lowest BCUT2D eigenvalue weighted by Crippen LogP contribution is -2.30. The Labute approximate surface area is 424 Å². The number of hydrogen-bond acceptors (Lipinski definition) is 5. The third kappa shape index (κ3) is 56.2.